The molecule has 0 aromatic carbocycles. The zero-order valence-electron chi connectivity index (χ0n) is 10.3. The highest BCUT2D eigenvalue weighted by Crippen LogP contribution is 2.40. The summed E-state index contributed by atoms with van der Waals surface area (Å²) in [5, 5.41) is 0. The van der Waals surface area contributed by atoms with Gasteiger partial charge < -0.3 is 0 Å². The highest BCUT2D eigenvalue weighted by Gasteiger charge is 2.31. The van der Waals surface area contributed by atoms with Crippen molar-refractivity contribution in [1.29, 1.82) is 0 Å². The monoisotopic (exact) mass is 194 g/mol. The molecule has 4 unspecified atom stereocenters. The van der Waals surface area contributed by atoms with Gasteiger partial charge in [0.25, 0.3) is 0 Å². The van der Waals surface area contributed by atoms with Gasteiger partial charge in [-0.1, -0.05) is 52.7 Å². The molecular weight excluding hydrogens is 168 g/mol. The molecule has 14 heavy (non-hydrogen) atoms. The third-order valence-electron chi connectivity index (χ3n) is 4.14. The van der Waals surface area contributed by atoms with Crippen molar-refractivity contribution in [2.45, 2.75) is 53.4 Å². The second-order valence-corrected chi connectivity index (χ2v) is 4.67. The minimum atomic E-state index is 0.854. The van der Waals surface area contributed by atoms with E-state index >= 15 is 0 Å². The predicted octanol–water partition coefficient (Wildman–Crippen LogP) is 4.66. The van der Waals surface area contributed by atoms with Crippen molar-refractivity contribution in [3.8, 4) is 0 Å². The summed E-state index contributed by atoms with van der Waals surface area (Å²) in [7, 11) is 0. The molecule has 0 amide bonds. The van der Waals surface area contributed by atoms with E-state index in [4.69, 9.17) is 0 Å². The minimum absolute atomic E-state index is 0.854. The molecule has 0 bridgehead atoms. The molecule has 4 atom stereocenters. The molecule has 1 aliphatic carbocycles. The molecule has 0 saturated carbocycles. The Hall–Kier alpha value is -0.260. The molecule has 82 valence electrons. The van der Waals surface area contributed by atoms with Gasteiger partial charge in [-0.05, 0) is 36.5 Å². The summed E-state index contributed by atoms with van der Waals surface area (Å²) in [6, 6.07) is 0. The van der Waals surface area contributed by atoms with E-state index in [1.54, 1.807) is 0 Å². The van der Waals surface area contributed by atoms with Crippen molar-refractivity contribution in [3.05, 3.63) is 12.2 Å². The highest BCUT2D eigenvalue weighted by atomic mass is 14.4. The van der Waals surface area contributed by atoms with E-state index in [9.17, 15) is 0 Å². The van der Waals surface area contributed by atoms with E-state index in [0.29, 0.717) is 0 Å². The van der Waals surface area contributed by atoms with Gasteiger partial charge in [-0.15, -0.1) is 0 Å². The van der Waals surface area contributed by atoms with Crippen LogP contribution in [0.2, 0.25) is 0 Å². The third kappa shape index (κ3) is 2.21. The van der Waals surface area contributed by atoms with Crippen LogP contribution >= 0.6 is 0 Å². The first kappa shape index (κ1) is 11.8. The molecule has 0 N–H and O–H groups in total. The van der Waals surface area contributed by atoms with Crippen molar-refractivity contribution in [2.75, 3.05) is 0 Å². The number of hydrogen-bond donors (Lipinski definition) is 0. The zero-order valence-corrected chi connectivity index (χ0v) is 10.3. The van der Waals surface area contributed by atoms with E-state index in [1.165, 1.54) is 25.7 Å². The smallest absolute Gasteiger partial charge is 0.0205 e. The van der Waals surface area contributed by atoms with Crippen LogP contribution in [0.5, 0.6) is 0 Å². The molecule has 0 aromatic heterocycles. The van der Waals surface area contributed by atoms with Gasteiger partial charge in [0.1, 0.15) is 0 Å². The Morgan fingerprint density at radius 1 is 0.643 bits per heavy atom. The average molecular weight is 194 g/mol. The van der Waals surface area contributed by atoms with Crippen LogP contribution in [0, 0.1) is 23.7 Å². The summed E-state index contributed by atoms with van der Waals surface area (Å²) < 4.78 is 0. The Balaban J connectivity index is 2.79. The fourth-order valence-electron chi connectivity index (χ4n) is 3.29. The van der Waals surface area contributed by atoms with Crippen LogP contribution in [0.15, 0.2) is 12.2 Å². The van der Waals surface area contributed by atoms with E-state index in [2.05, 4.69) is 39.8 Å². The molecule has 1 aliphatic rings. The first-order valence-corrected chi connectivity index (χ1v) is 6.46. The van der Waals surface area contributed by atoms with Crippen LogP contribution in [0.25, 0.3) is 0 Å². The van der Waals surface area contributed by atoms with Crippen LogP contribution in [0.3, 0.4) is 0 Å². The summed E-state index contributed by atoms with van der Waals surface area (Å²) in [6.45, 7) is 9.39. The fourth-order valence-corrected chi connectivity index (χ4v) is 3.29. The third-order valence-corrected chi connectivity index (χ3v) is 4.14. The van der Waals surface area contributed by atoms with Crippen LogP contribution in [0.4, 0.5) is 0 Å². The summed E-state index contributed by atoms with van der Waals surface area (Å²) in [5.74, 6) is 3.60. The van der Waals surface area contributed by atoms with Crippen molar-refractivity contribution in [2.24, 2.45) is 23.7 Å². The molecule has 0 radical (unpaired) electrons. The Kier molecular flexibility index (Phi) is 4.71. The van der Waals surface area contributed by atoms with E-state index in [-0.39, 0.29) is 0 Å². The number of hydrogen-bond acceptors (Lipinski definition) is 0. The van der Waals surface area contributed by atoms with Gasteiger partial charge in [-0.3, -0.25) is 0 Å². The lowest BCUT2D eigenvalue weighted by Crippen LogP contribution is -2.30. The summed E-state index contributed by atoms with van der Waals surface area (Å²) in [6.07, 6.45) is 10.3. The van der Waals surface area contributed by atoms with Gasteiger partial charge in [0.2, 0.25) is 0 Å². The molecule has 0 saturated heterocycles. The number of rotatable bonds is 4. The van der Waals surface area contributed by atoms with Gasteiger partial charge in [-0.2, -0.15) is 0 Å². The molecule has 0 aliphatic heterocycles. The van der Waals surface area contributed by atoms with Gasteiger partial charge in [0.15, 0.2) is 0 Å². The van der Waals surface area contributed by atoms with E-state index in [0.717, 1.165) is 23.7 Å². The predicted molar refractivity (Wildman–Crippen MR) is 64.3 cm³/mol. The minimum Gasteiger partial charge on any atom is -0.0849 e. The lowest BCUT2D eigenvalue weighted by molar-refractivity contribution is 0.172. The fraction of sp³-hybridized carbons (Fsp3) is 0.857. The quantitative estimate of drug-likeness (QED) is 0.571. The van der Waals surface area contributed by atoms with Crippen LogP contribution in [-0.2, 0) is 0 Å². The SMILES string of the molecule is CCC1C=CC(CC)C(CC)C1CC. The zero-order chi connectivity index (χ0) is 10.6. The molecule has 0 nitrogen and oxygen atoms in total. The van der Waals surface area contributed by atoms with E-state index in [1.807, 2.05) is 0 Å². The van der Waals surface area contributed by atoms with Gasteiger partial charge >= 0.3 is 0 Å². The van der Waals surface area contributed by atoms with Crippen molar-refractivity contribution in [3.63, 3.8) is 0 Å². The Morgan fingerprint density at radius 3 is 1.21 bits per heavy atom. The van der Waals surface area contributed by atoms with Crippen molar-refractivity contribution < 1.29 is 0 Å². The molecule has 0 heterocycles. The van der Waals surface area contributed by atoms with Crippen molar-refractivity contribution in [1.82, 2.24) is 0 Å². The van der Waals surface area contributed by atoms with Crippen LogP contribution < -0.4 is 0 Å². The van der Waals surface area contributed by atoms with Crippen molar-refractivity contribution >= 4 is 0 Å². The normalized spacial score (nSPS) is 37.4. The summed E-state index contributed by atoms with van der Waals surface area (Å²) >= 11 is 0. The number of allylic oxidation sites excluding steroid dienone is 2. The maximum absolute atomic E-state index is 2.49. The van der Waals surface area contributed by atoms with Gasteiger partial charge in [-0.25, -0.2) is 0 Å². The average Bonchev–Trinajstić information content (AvgIpc) is 2.26. The molecular formula is C14H26. The lowest BCUT2D eigenvalue weighted by Gasteiger charge is -2.38. The second kappa shape index (κ2) is 5.58. The summed E-state index contributed by atoms with van der Waals surface area (Å²) in [4.78, 5) is 0. The second-order valence-electron chi connectivity index (χ2n) is 4.67. The Labute approximate surface area is 89.8 Å². The molecule has 0 spiro atoms. The van der Waals surface area contributed by atoms with Crippen LogP contribution in [-0.4, -0.2) is 0 Å². The molecule has 0 heteroatoms. The van der Waals surface area contributed by atoms with Gasteiger partial charge in [0.05, 0.1) is 0 Å². The molecule has 0 aromatic rings. The first-order valence-electron chi connectivity index (χ1n) is 6.46. The topological polar surface area (TPSA) is 0 Å². The van der Waals surface area contributed by atoms with E-state index < -0.39 is 0 Å². The van der Waals surface area contributed by atoms with Crippen LogP contribution in [0.1, 0.15) is 53.4 Å². The Bertz CT molecular complexity index is 160. The van der Waals surface area contributed by atoms with Gasteiger partial charge in [0, 0.05) is 0 Å². The largest absolute Gasteiger partial charge is 0.0849 e. The standard InChI is InChI=1S/C14H26/c1-5-11-9-10-12(6-2)14(8-4)13(11)7-3/h9-14H,5-8H2,1-4H3. The maximum atomic E-state index is 2.49. The first-order chi connectivity index (χ1) is 6.78. The molecule has 1 rings (SSSR count). The highest BCUT2D eigenvalue weighted by molar-refractivity contribution is 5.04. The Morgan fingerprint density at radius 2 is 1.00 bits per heavy atom. The molecule has 0 fully saturated rings. The maximum Gasteiger partial charge on any atom is -0.0205 e. The summed E-state index contributed by atoms with van der Waals surface area (Å²) in [5.41, 5.74) is 0. The lowest BCUT2D eigenvalue weighted by atomic mass is 9.67.